The molecule has 0 aromatic carbocycles. The van der Waals surface area contributed by atoms with Crippen molar-refractivity contribution in [2.24, 2.45) is 0 Å². The first-order chi connectivity index (χ1) is 6.04. The molecule has 0 rings (SSSR count). The number of hydrogen-bond donors (Lipinski definition) is 2. The predicted molar refractivity (Wildman–Crippen MR) is 49.1 cm³/mol. The van der Waals surface area contributed by atoms with E-state index in [1.165, 1.54) is 0 Å². The number of aliphatic carboxylic acids is 1. The molecule has 0 heterocycles. The van der Waals surface area contributed by atoms with Gasteiger partial charge in [-0.15, -0.1) is 0 Å². The number of carbonyl (C=O) groups excluding carboxylic acids is 1. The summed E-state index contributed by atoms with van der Waals surface area (Å²) in [5.41, 5.74) is -0.738. The van der Waals surface area contributed by atoms with E-state index >= 15 is 0 Å². The van der Waals surface area contributed by atoms with Crippen LogP contribution < -0.4 is 5.32 Å². The first-order valence-corrected chi connectivity index (χ1v) is 4.17. The van der Waals surface area contributed by atoms with Gasteiger partial charge in [0.25, 0.3) is 0 Å². The van der Waals surface area contributed by atoms with Gasteiger partial charge < -0.3 is 15.2 Å². The van der Waals surface area contributed by atoms with Crippen molar-refractivity contribution >= 4 is 23.0 Å². The Morgan fingerprint density at radius 1 is 1.46 bits per heavy atom. The molecule has 0 fully saturated rings. The molecule has 13 heavy (non-hydrogen) atoms. The largest absolute Gasteiger partial charge is 0.480 e. The Balaban J connectivity index is 0. The number of hydrogen-bond acceptors (Lipinski definition) is 4. The fourth-order valence-corrected chi connectivity index (χ4v) is 0.455. The quantitative estimate of drug-likeness (QED) is 0.681. The van der Waals surface area contributed by atoms with Crippen LogP contribution in [0.15, 0.2) is 0 Å². The summed E-state index contributed by atoms with van der Waals surface area (Å²) in [7, 11) is 0. The van der Waals surface area contributed by atoms with E-state index < -0.39 is 11.4 Å². The fourth-order valence-electron chi connectivity index (χ4n) is 0.345. The van der Waals surface area contributed by atoms with Crippen LogP contribution in [0.2, 0.25) is 0 Å². The molecule has 0 aliphatic carbocycles. The van der Waals surface area contributed by atoms with Gasteiger partial charge in [0, 0.05) is 11.6 Å². The van der Waals surface area contributed by atoms with E-state index in [1.54, 1.807) is 6.92 Å². The molecule has 0 bridgehead atoms. The van der Waals surface area contributed by atoms with Gasteiger partial charge in [-0.1, -0.05) is 6.92 Å². The second kappa shape index (κ2) is 11.2. The molecule has 0 spiro atoms. The molecule has 5 nitrogen and oxygen atoms in total. The standard InChI is InChI=1S/C4H9NO2.C3H5ClO2/c1-2-5-3-4(6)7;1-2-6-3(4)5/h5H,2-3H2,1H3,(H,6,7);2H2,1H3. The van der Waals surface area contributed by atoms with Gasteiger partial charge in [0.15, 0.2) is 0 Å². The summed E-state index contributed by atoms with van der Waals surface area (Å²) >= 11 is 4.72. The summed E-state index contributed by atoms with van der Waals surface area (Å²) in [6.45, 7) is 4.69. The van der Waals surface area contributed by atoms with Gasteiger partial charge in [-0.05, 0) is 13.5 Å². The second-order valence-electron chi connectivity index (χ2n) is 1.84. The zero-order valence-corrected chi connectivity index (χ0v) is 8.43. The van der Waals surface area contributed by atoms with Crippen molar-refractivity contribution in [3.63, 3.8) is 0 Å². The van der Waals surface area contributed by atoms with Crippen molar-refractivity contribution in [1.82, 2.24) is 5.32 Å². The van der Waals surface area contributed by atoms with Gasteiger partial charge in [0.1, 0.15) is 0 Å². The third kappa shape index (κ3) is 24.7. The van der Waals surface area contributed by atoms with Crippen molar-refractivity contribution in [2.45, 2.75) is 13.8 Å². The van der Waals surface area contributed by atoms with Crippen LogP contribution >= 0.6 is 11.6 Å². The lowest BCUT2D eigenvalue weighted by Crippen LogP contribution is -2.21. The van der Waals surface area contributed by atoms with Crippen LogP contribution in [0.4, 0.5) is 4.79 Å². The van der Waals surface area contributed by atoms with E-state index in [0.29, 0.717) is 13.2 Å². The summed E-state index contributed by atoms with van der Waals surface area (Å²) in [5, 5.41) is 10.6. The summed E-state index contributed by atoms with van der Waals surface area (Å²) in [6, 6.07) is 0. The summed E-state index contributed by atoms with van der Waals surface area (Å²) < 4.78 is 4.17. The average molecular weight is 212 g/mol. The summed E-state index contributed by atoms with van der Waals surface area (Å²) in [6.07, 6.45) is 0. The number of carbonyl (C=O) groups is 2. The zero-order valence-electron chi connectivity index (χ0n) is 7.67. The number of ether oxygens (including phenoxy) is 1. The summed E-state index contributed by atoms with van der Waals surface area (Å²) in [5.74, 6) is -0.804. The van der Waals surface area contributed by atoms with E-state index in [0.717, 1.165) is 0 Å². The van der Waals surface area contributed by atoms with E-state index in [-0.39, 0.29) is 6.54 Å². The molecule has 0 atom stereocenters. The van der Waals surface area contributed by atoms with Gasteiger partial charge in [0.05, 0.1) is 13.2 Å². The minimum absolute atomic E-state index is 0.0660. The molecular weight excluding hydrogens is 198 g/mol. The Bertz CT molecular complexity index is 151. The van der Waals surface area contributed by atoms with Crippen molar-refractivity contribution in [2.75, 3.05) is 19.7 Å². The van der Waals surface area contributed by atoms with Crippen LogP contribution in [0.3, 0.4) is 0 Å². The molecule has 0 saturated heterocycles. The van der Waals surface area contributed by atoms with Crippen LogP contribution in [0, 0.1) is 0 Å². The van der Waals surface area contributed by atoms with Crippen LogP contribution in [0.5, 0.6) is 0 Å². The number of nitrogens with one attached hydrogen (secondary N) is 1. The van der Waals surface area contributed by atoms with Crippen molar-refractivity contribution in [3.05, 3.63) is 0 Å². The molecule has 0 aliphatic rings. The van der Waals surface area contributed by atoms with Gasteiger partial charge >= 0.3 is 11.4 Å². The van der Waals surface area contributed by atoms with Crippen LogP contribution in [0.1, 0.15) is 13.8 Å². The lowest BCUT2D eigenvalue weighted by atomic mass is 10.6. The number of carboxylic acids is 1. The van der Waals surface area contributed by atoms with Crippen molar-refractivity contribution in [3.8, 4) is 0 Å². The van der Waals surface area contributed by atoms with Crippen molar-refractivity contribution in [1.29, 1.82) is 0 Å². The van der Waals surface area contributed by atoms with Crippen LogP contribution in [-0.2, 0) is 9.53 Å². The zero-order chi connectivity index (χ0) is 10.7. The van der Waals surface area contributed by atoms with Gasteiger partial charge in [-0.25, -0.2) is 4.79 Å². The molecule has 0 aliphatic heterocycles. The monoisotopic (exact) mass is 211 g/mol. The third-order valence-electron chi connectivity index (χ3n) is 0.784. The number of halogens is 1. The third-order valence-corrected chi connectivity index (χ3v) is 0.893. The maximum atomic E-state index is 9.70. The van der Waals surface area contributed by atoms with E-state index in [1.807, 2.05) is 6.92 Å². The predicted octanol–water partition coefficient (Wildman–Crippen LogP) is 1.06. The van der Waals surface area contributed by atoms with E-state index in [2.05, 4.69) is 10.1 Å². The first kappa shape index (κ1) is 14.7. The molecule has 2 N–H and O–H groups in total. The lowest BCUT2D eigenvalue weighted by molar-refractivity contribution is -0.135. The molecular formula is C7H14ClNO4. The van der Waals surface area contributed by atoms with E-state index in [4.69, 9.17) is 16.7 Å². The summed E-state index contributed by atoms with van der Waals surface area (Å²) in [4.78, 5) is 19.3. The highest BCUT2D eigenvalue weighted by atomic mass is 35.5. The van der Waals surface area contributed by atoms with Gasteiger partial charge in [0.2, 0.25) is 0 Å². The maximum Gasteiger partial charge on any atom is 0.403 e. The number of likely N-dealkylation sites (N-methyl/N-ethyl adjacent to an activating group) is 1. The maximum absolute atomic E-state index is 9.70. The molecule has 0 aromatic rings. The van der Waals surface area contributed by atoms with E-state index in [9.17, 15) is 9.59 Å². The molecule has 0 aromatic heterocycles. The Hall–Kier alpha value is -0.810. The SMILES string of the molecule is CCNCC(=O)O.CCOC(=O)Cl. The van der Waals surface area contributed by atoms with Crippen LogP contribution in [0.25, 0.3) is 0 Å². The highest BCUT2D eigenvalue weighted by Crippen LogP contribution is 1.82. The smallest absolute Gasteiger partial charge is 0.403 e. The fraction of sp³-hybridized carbons (Fsp3) is 0.714. The Morgan fingerprint density at radius 3 is 2.08 bits per heavy atom. The minimum Gasteiger partial charge on any atom is -0.480 e. The highest BCUT2D eigenvalue weighted by Gasteiger charge is 1.89. The Morgan fingerprint density at radius 2 is 2.00 bits per heavy atom. The molecule has 0 saturated carbocycles. The molecule has 0 radical (unpaired) electrons. The number of carboxylic acid groups (broad SMARTS) is 1. The second-order valence-corrected chi connectivity index (χ2v) is 2.15. The van der Waals surface area contributed by atoms with Gasteiger partial charge in [-0.3, -0.25) is 4.79 Å². The average Bonchev–Trinajstić information content (AvgIpc) is 2.01. The normalized spacial score (nSPS) is 8.23. The molecule has 0 unspecified atom stereocenters. The lowest BCUT2D eigenvalue weighted by Gasteiger charge is -1.90. The topological polar surface area (TPSA) is 75.6 Å². The molecule has 6 heteroatoms. The van der Waals surface area contributed by atoms with Gasteiger partial charge in [-0.2, -0.15) is 0 Å². The molecule has 78 valence electrons. The minimum atomic E-state index is -0.804. The van der Waals surface area contributed by atoms with Crippen molar-refractivity contribution < 1.29 is 19.4 Å². The van der Waals surface area contributed by atoms with Crippen LogP contribution in [-0.4, -0.2) is 36.2 Å². The Labute approximate surface area is 82.0 Å². The first-order valence-electron chi connectivity index (χ1n) is 3.79. The Kier molecular flexibility index (Phi) is 12.7. The number of rotatable bonds is 4. The molecule has 0 amide bonds. The highest BCUT2D eigenvalue weighted by molar-refractivity contribution is 6.61.